The standard InChI is InChI=1S/C43H74NO9P/c1-3-5-6-7-8-9-10-11-12-17-20-23-26-29-32-35-43(47)53-41(39-52-54(48,49)51-37-36-44)38-50-42(46)34-31-28-25-22-19-16-14-13-15-18-21-24-27-30-33-40(45)4-2/h8-9,11-12,14-16,18,22,24-25,27,40-41,45H,3-7,10,13,17,19-21,23,26,28-39,44H2,1-2H3,(H,48,49)/b9-8-,12-11-,16-14-,18-15-,25-22-,27-24-/t40-,41+/m0/s1. The van der Waals surface area contributed by atoms with Crippen LogP contribution in [0.4, 0.5) is 0 Å². The number of aliphatic hydroxyl groups excluding tert-OH is 1. The maximum Gasteiger partial charge on any atom is 0.472 e. The highest BCUT2D eigenvalue weighted by Crippen LogP contribution is 2.43. The molecule has 0 aromatic rings. The number of ether oxygens (including phenoxy) is 2. The van der Waals surface area contributed by atoms with Crippen molar-refractivity contribution in [3.05, 3.63) is 72.9 Å². The maximum absolute atomic E-state index is 12.5. The van der Waals surface area contributed by atoms with Crippen LogP contribution in [-0.2, 0) is 32.7 Å². The maximum atomic E-state index is 12.5. The van der Waals surface area contributed by atoms with E-state index in [9.17, 15) is 24.2 Å². The van der Waals surface area contributed by atoms with Gasteiger partial charge in [0.2, 0.25) is 0 Å². The predicted octanol–water partition coefficient (Wildman–Crippen LogP) is 10.5. The second kappa shape index (κ2) is 38.7. The quantitative estimate of drug-likeness (QED) is 0.0240. The zero-order valence-electron chi connectivity index (χ0n) is 33.5. The van der Waals surface area contributed by atoms with Crippen molar-refractivity contribution >= 4 is 19.8 Å². The van der Waals surface area contributed by atoms with Gasteiger partial charge in [-0.1, -0.05) is 119 Å². The van der Waals surface area contributed by atoms with Crippen molar-refractivity contribution in [2.75, 3.05) is 26.4 Å². The van der Waals surface area contributed by atoms with Gasteiger partial charge in [-0.25, -0.2) is 4.57 Å². The fourth-order valence-electron chi connectivity index (χ4n) is 4.99. The number of hydrogen-bond acceptors (Lipinski definition) is 9. The molecule has 0 saturated heterocycles. The van der Waals surface area contributed by atoms with E-state index in [1.807, 2.05) is 13.0 Å². The Balaban J connectivity index is 4.33. The Bertz CT molecular complexity index is 1130. The number of phosphoric ester groups is 1. The van der Waals surface area contributed by atoms with Crippen LogP contribution < -0.4 is 5.73 Å². The molecule has 0 bridgehead atoms. The molecular formula is C43H74NO9P. The van der Waals surface area contributed by atoms with Crippen molar-refractivity contribution in [2.45, 2.75) is 161 Å². The van der Waals surface area contributed by atoms with E-state index >= 15 is 0 Å². The molecule has 0 heterocycles. The van der Waals surface area contributed by atoms with E-state index in [1.54, 1.807) is 0 Å². The fourth-order valence-corrected chi connectivity index (χ4v) is 5.75. The van der Waals surface area contributed by atoms with Gasteiger partial charge in [-0.3, -0.25) is 18.6 Å². The number of hydrogen-bond donors (Lipinski definition) is 3. The fraction of sp³-hybridized carbons (Fsp3) is 0.674. The lowest BCUT2D eigenvalue weighted by Gasteiger charge is -2.19. The molecule has 0 saturated carbocycles. The molecule has 310 valence electrons. The molecule has 0 aromatic carbocycles. The van der Waals surface area contributed by atoms with Crippen molar-refractivity contribution in [3.63, 3.8) is 0 Å². The molecule has 0 aliphatic heterocycles. The molecule has 0 rings (SSSR count). The van der Waals surface area contributed by atoms with Gasteiger partial charge in [0.15, 0.2) is 6.10 Å². The smallest absolute Gasteiger partial charge is 0.462 e. The van der Waals surface area contributed by atoms with Crippen molar-refractivity contribution in [2.24, 2.45) is 5.73 Å². The number of phosphoric acid groups is 1. The molecule has 0 radical (unpaired) electrons. The van der Waals surface area contributed by atoms with Crippen LogP contribution in [0.15, 0.2) is 72.9 Å². The van der Waals surface area contributed by atoms with Gasteiger partial charge in [0, 0.05) is 19.4 Å². The molecule has 11 heteroatoms. The third kappa shape index (κ3) is 37.7. The number of allylic oxidation sites excluding steroid dienone is 12. The monoisotopic (exact) mass is 780 g/mol. The first-order valence-corrected chi connectivity index (χ1v) is 22.0. The van der Waals surface area contributed by atoms with Gasteiger partial charge in [-0.15, -0.1) is 0 Å². The first-order chi connectivity index (χ1) is 26.2. The highest BCUT2D eigenvalue weighted by molar-refractivity contribution is 7.47. The van der Waals surface area contributed by atoms with Gasteiger partial charge in [0.05, 0.1) is 19.3 Å². The third-order valence-corrected chi connectivity index (χ3v) is 9.21. The molecule has 0 aromatic heterocycles. The van der Waals surface area contributed by atoms with Crippen LogP contribution in [0.25, 0.3) is 0 Å². The van der Waals surface area contributed by atoms with Gasteiger partial charge < -0.3 is 25.2 Å². The highest BCUT2D eigenvalue weighted by Gasteiger charge is 2.25. The van der Waals surface area contributed by atoms with Crippen LogP contribution in [0.5, 0.6) is 0 Å². The molecule has 0 aliphatic carbocycles. The predicted molar refractivity (Wildman–Crippen MR) is 221 cm³/mol. The number of carbonyl (C=O) groups excluding carboxylic acids is 2. The molecule has 1 unspecified atom stereocenters. The zero-order chi connectivity index (χ0) is 39.8. The van der Waals surface area contributed by atoms with Gasteiger partial charge in [0.1, 0.15) is 6.61 Å². The van der Waals surface area contributed by atoms with E-state index in [2.05, 4.69) is 73.8 Å². The second-order valence-corrected chi connectivity index (χ2v) is 14.7. The summed E-state index contributed by atoms with van der Waals surface area (Å²) >= 11 is 0. The topological polar surface area (TPSA) is 155 Å². The Morgan fingerprint density at radius 1 is 0.630 bits per heavy atom. The largest absolute Gasteiger partial charge is 0.472 e. The van der Waals surface area contributed by atoms with Gasteiger partial charge in [-0.05, 0) is 89.9 Å². The second-order valence-electron chi connectivity index (χ2n) is 13.3. The van der Waals surface area contributed by atoms with Crippen molar-refractivity contribution in [3.8, 4) is 0 Å². The third-order valence-electron chi connectivity index (χ3n) is 8.23. The number of nitrogens with two attached hydrogens (primary N) is 1. The summed E-state index contributed by atoms with van der Waals surface area (Å²) in [5.74, 6) is -0.937. The van der Waals surface area contributed by atoms with E-state index in [1.165, 1.54) is 19.3 Å². The number of rotatable bonds is 37. The number of esters is 2. The Hall–Kier alpha value is -2.59. The summed E-state index contributed by atoms with van der Waals surface area (Å²) in [6, 6.07) is 0. The molecule has 10 nitrogen and oxygen atoms in total. The van der Waals surface area contributed by atoms with Gasteiger partial charge in [-0.2, -0.15) is 0 Å². The van der Waals surface area contributed by atoms with E-state index in [-0.39, 0.29) is 38.7 Å². The SMILES string of the molecule is CCCCC/C=C\C/C=C\CCCCCCCC(=O)O[C@H](COC(=O)CCC/C=C\C/C=C\C/C=C\C/C=C\CC[C@@H](O)CC)COP(=O)(O)OCCN. The summed E-state index contributed by atoms with van der Waals surface area (Å²) < 4.78 is 32.6. The normalized spacial score (nSPS) is 14.7. The van der Waals surface area contributed by atoms with E-state index in [0.717, 1.165) is 83.5 Å². The van der Waals surface area contributed by atoms with E-state index < -0.39 is 32.5 Å². The van der Waals surface area contributed by atoms with E-state index in [4.69, 9.17) is 24.3 Å². The molecular weight excluding hydrogens is 705 g/mol. The molecule has 0 amide bonds. The molecule has 0 aliphatic rings. The molecule has 3 atom stereocenters. The first-order valence-electron chi connectivity index (χ1n) is 20.5. The van der Waals surface area contributed by atoms with Crippen molar-refractivity contribution < 1.29 is 42.7 Å². The Labute approximate surface area is 327 Å². The summed E-state index contributed by atoms with van der Waals surface area (Å²) in [5, 5.41) is 9.55. The lowest BCUT2D eigenvalue weighted by molar-refractivity contribution is -0.161. The Morgan fingerprint density at radius 3 is 1.70 bits per heavy atom. The zero-order valence-corrected chi connectivity index (χ0v) is 34.4. The number of unbranched alkanes of at least 4 members (excludes halogenated alkanes) is 9. The average Bonchev–Trinajstić information content (AvgIpc) is 3.16. The van der Waals surface area contributed by atoms with Crippen LogP contribution in [0, 0.1) is 0 Å². The van der Waals surface area contributed by atoms with Crippen LogP contribution in [0.1, 0.15) is 149 Å². The summed E-state index contributed by atoms with van der Waals surface area (Å²) in [4.78, 5) is 34.8. The summed E-state index contributed by atoms with van der Waals surface area (Å²) in [5.41, 5.74) is 5.33. The minimum Gasteiger partial charge on any atom is -0.462 e. The molecule has 0 spiro atoms. The Kier molecular flexibility index (Phi) is 36.8. The summed E-state index contributed by atoms with van der Waals surface area (Å²) in [7, 11) is -4.40. The van der Waals surface area contributed by atoms with Gasteiger partial charge in [0.25, 0.3) is 0 Å². The summed E-state index contributed by atoms with van der Waals surface area (Å²) in [6.45, 7) is 3.31. The average molecular weight is 780 g/mol. The lowest BCUT2D eigenvalue weighted by Crippen LogP contribution is -2.29. The minimum absolute atomic E-state index is 0.0347. The van der Waals surface area contributed by atoms with Crippen molar-refractivity contribution in [1.29, 1.82) is 0 Å². The first kappa shape index (κ1) is 51.4. The lowest BCUT2D eigenvalue weighted by atomic mass is 10.1. The minimum atomic E-state index is -4.40. The molecule has 0 fully saturated rings. The highest BCUT2D eigenvalue weighted by atomic mass is 31.2. The van der Waals surface area contributed by atoms with E-state index in [0.29, 0.717) is 19.3 Å². The number of aliphatic hydroxyl groups is 1. The van der Waals surface area contributed by atoms with Crippen LogP contribution >= 0.6 is 7.82 Å². The molecule has 54 heavy (non-hydrogen) atoms. The number of carbonyl (C=O) groups is 2. The van der Waals surface area contributed by atoms with Gasteiger partial charge >= 0.3 is 19.8 Å². The van der Waals surface area contributed by atoms with Crippen LogP contribution in [0.3, 0.4) is 0 Å². The van der Waals surface area contributed by atoms with Crippen LogP contribution in [-0.4, -0.2) is 60.5 Å². The summed E-state index contributed by atoms with van der Waals surface area (Å²) in [6.07, 6.45) is 43.1. The molecule has 4 N–H and O–H groups in total. The Morgan fingerprint density at radius 2 is 1.13 bits per heavy atom. The van der Waals surface area contributed by atoms with Crippen molar-refractivity contribution in [1.82, 2.24) is 0 Å². The van der Waals surface area contributed by atoms with Crippen LogP contribution in [0.2, 0.25) is 0 Å².